The van der Waals surface area contributed by atoms with Gasteiger partial charge < -0.3 is 5.73 Å². The molecule has 15 heavy (non-hydrogen) atoms. The Bertz CT molecular complexity index is 465. The van der Waals surface area contributed by atoms with Crippen LogP contribution in [-0.2, 0) is 6.42 Å². The molecule has 0 heterocycles. The minimum atomic E-state index is 0.762. The van der Waals surface area contributed by atoms with E-state index in [1.54, 1.807) is 0 Å². The molecule has 2 heteroatoms. The van der Waals surface area contributed by atoms with Crippen molar-refractivity contribution in [3.63, 3.8) is 0 Å². The fourth-order valence-corrected chi connectivity index (χ4v) is 2.11. The Hall–Kier alpha value is -0.860. The zero-order chi connectivity index (χ0) is 10.7. The second kappa shape index (κ2) is 4.77. The monoisotopic (exact) mass is 263 g/mol. The lowest BCUT2D eigenvalue weighted by atomic mass is 10.0. The minimum Gasteiger partial charge on any atom is -0.330 e. The average molecular weight is 264 g/mol. The van der Waals surface area contributed by atoms with Crippen LogP contribution in [0, 0.1) is 0 Å². The molecule has 0 radical (unpaired) electrons. The Morgan fingerprint density at radius 1 is 1.00 bits per heavy atom. The van der Waals surface area contributed by atoms with Crippen molar-refractivity contribution in [1.82, 2.24) is 0 Å². The second-order valence-electron chi connectivity index (χ2n) is 3.72. The maximum absolute atomic E-state index is 5.50. The maximum atomic E-state index is 5.50. The highest BCUT2D eigenvalue weighted by atomic mass is 79.9. The van der Waals surface area contributed by atoms with Gasteiger partial charge in [-0.25, -0.2) is 0 Å². The van der Waals surface area contributed by atoms with E-state index in [0.717, 1.165) is 23.9 Å². The molecule has 0 saturated carbocycles. The summed E-state index contributed by atoms with van der Waals surface area (Å²) in [6, 6.07) is 13.0. The zero-order valence-corrected chi connectivity index (χ0v) is 10.1. The van der Waals surface area contributed by atoms with Crippen molar-refractivity contribution in [2.75, 3.05) is 6.54 Å². The number of fused-ring (bicyclic) bond motifs is 1. The highest BCUT2D eigenvalue weighted by Crippen LogP contribution is 2.21. The van der Waals surface area contributed by atoms with Gasteiger partial charge in [-0.3, -0.25) is 0 Å². The number of hydrogen-bond acceptors (Lipinski definition) is 1. The summed E-state index contributed by atoms with van der Waals surface area (Å²) in [6.45, 7) is 0.762. The lowest BCUT2D eigenvalue weighted by molar-refractivity contribution is 0.833. The molecule has 2 rings (SSSR count). The summed E-state index contributed by atoms with van der Waals surface area (Å²) >= 11 is 3.48. The van der Waals surface area contributed by atoms with E-state index in [4.69, 9.17) is 5.73 Å². The van der Waals surface area contributed by atoms with Gasteiger partial charge in [0, 0.05) is 4.47 Å². The van der Waals surface area contributed by atoms with Gasteiger partial charge in [-0.1, -0.05) is 40.2 Å². The highest BCUT2D eigenvalue weighted by molar-refractivity contribution is 9.10. The first-order valence-electron chi connectivity index (χ1n) is 5.18. The Balaban J connectivity index is 2.34. The van der Waals surface area contributed by atoms with Crippen LogP contribution in [-0.4, -0.2) is 6.54 Å². The first-order valence-corrected chi connectivity index (χ1v) is 5.97. The number of nitrogens with two attached hydrogens (primary N) is 1. The smallest absolute Gasteiger partial charge is 0.0181 e. The molecule has 0 fully saturated rings. The van der Waals surface area contributed by atoms with E-state index in [1.807, 2.05) is 0 Å². The number of halogens is 1. The second-order valence-corrected chi connectivity index (χ2v) is 4.63. The first-order chi connectivity index (χ1) is 7.29. The summed E-state index contributed by atoms with van der Waals surface area (Å²) in [7, 11) is 0. The van der Waals surface area contributed by atoms with Gasteiger partial charge in [-0.15, -0.1) is 0 Å². The number of benzene rings is 2. The summed E-state index contributed by atoms with van der Waals surface area (Å²) in [5.74, 6) is 0. The van der Waals surface area contributed by atoms with E-state index < -0.39 is 0 Å². The number of hydrogen-bond donors (Lipinski definition) is 1. The van der Waals surface area contributed by atoms with Gasteiger partial charge in [0.25, 0.3) is 0 Å². The quantitative estimate of drug-likeness (QED) is 0.902. The van der Waals surface area contributed by atoms with Crippen LogP contribution in [0.25, 0.3) is 10.8 Å². The van der Waals surface area contributed by atoms with Gasteiger partial charge in [0.05, 0.1) is 0 Å². The zero-order valence-electron chi connectivity index (χ0n) is 8.54. The van der Waals surface area contributed by atoms with Crippen LogP contribution in [0.1, 0.15) is 12.0 Å². The van der Waals surface area contributed by atoms with Crippen LogP contribution in [0.3, 0.4) is 0 Å². The van der Waals surface area contributed by atoms with Crippen molar-refractivity contribution in [1.29, 1.82) is 0 Å². The van der Waals surface area contributed by atoms with Crippen LogP contribution in [0.4, 0.5) is 0 Å². The molecule has 78 valence electrons. The first kappa shape index (κ1) is 10.7. The normalized spacial score (nSPS) is 10.8. The van der Waals surface area contributed by atoms with Crippen LogP contribution < -0.4 is 5.73 Å². The van der Waals surface area contributed by atoms with Crippen LogP contribution in [0.2, 0.25) is 0 Å². The summed E-state index contributed by atoms with van der Waals surface area (Å²) in [5, 5.41) is 2.58. The largest absolute Gasteiger partial charge is 0.330 e. The fourth-order valence-electron chi connectivity index (χ4n) is 1.73. The molecule has 2 aromatic carbocycles. The topological polar surface area (TPSA) is 26.0 Å². The molecule has 0 aliphatic heterocycles. The molecule has 0 atom stereocenters. The third-order valence-corrected chi connectivity index (χ3v) is 3.03. The predicted octanol–water partition coefficient (Wildman–Crippen LogP) is 3.49. The number of aryl methyl sites for hydroxylation is 1. The molecule has 2 aromatic rings. The van der Waals surface area contributed by atoms with Crippen LogP contribution >= 0.6 is 15.9 Å². The number of rotatable bonds is 3. The summed E-state index contributed by atoms with van der Waals surface area (Å²) in [6.07, 6.45) is 2.13. The molecule has 2 N–H and O–H groups in total. The minimum absolute atomic E-state index is 0.762. The predicted molar refractivity (Wildman–Crippen MR) is 69.0 cm³/mol. The van der Waals surface area contributed by atoms with Gasteiger partial charge in [-0.05, 0) is 47.9 Å². The maximum Gasteiger partial charge on any atom is 0.0181 e. The average Bonchev–Trinajstić information content (AvgIpc) is 2.26. The summed E-state index contributed by atoms with van der Waals surface area (Å²) < 4.78 is 1.13. The van der Waals surface area contributed by atoms with E-state index in [-0.39, 0.29) is 0 Å². The Morgan fingerprint density at radius 2 is 1.73 bits per heavy atom. The molecule has 0 aliphatic carbocycles. The van der Waals surface area contributed by atoms with Crippen molar-refractivity contribution in [2.45, 2.75) is 12.8 Å². The van der Waals surface area contributed by atoms with Crippen molar-refractivity contribution < 1.29 is 0 Å². The molecule has 0 unspecified atom stereocenters. The van der Waals surface area contributed by atoms with Crippen molar-refractivity contribution in [3.8, 4) is 0 Å². The fraction of sp³-hybridized carbons (Fsp3) is 0.231. The molecule has 0 amide bonds. The summed E-state index contributed by atoms with van der Waals surface area (Å²) in [5.41, 5.74) is 6.87. The van der Waals surface area contributed by atoms with Crippen molar-refractivity contribution in [2.24, 2.45) is 5.73 Å². The van der Waals surface area contributed by atoms with Gasteiger partial charge in [0.2, 0.25) is 0 Å². The molecular formula is C13H14BrN. The molecule has 0 bridgehead atoms. The molecule has 0 saturated heterocycles. The van der Waals surface area contributed by atoms with E-state index >= 15 is 0 Å². The highest BCUT2D eigenvalue weighted by Gasteiger charge is 1.97. The van der Waals surface area contributed by atoms with Crippen LogP contribution in [0.5, 0.6) is 0 Å². The van der Waals surface area contributed by atoms with E-state index in [1.165, 1.54) is 16.3 Å². The van der Waals surface area contributed by atoms with E-state index in [0.29, 0.717) is 0 Å². The van der Waals surface area contributed by atoms with Gasteiger partial charge in [0.1, 0.15) is 0 Å². The Morgan fingerprint density at radius 3 is 2.53 bits per heavy atom. The van der Waals surface area contributed by atoms with Gasteiger partial charge >= 0.3 is 0 Å². The van der Waals surface area contributed by atoms with E-state index in [9.17, 15) is 0 Å². The Labute approximate surface area is 98.4 Å². The molecule has 0 aliphatic rings. The van der Waals surface area contributed by atoms with Crippen LogP contribution in [0.15, 0.2) is 40.9 Å². The lowest BCUT2D eigenvalue weighted by Crippen LogP contribution is -2.00. The molecule has 0 aromatic heterocycles. The Kier molecular flexibility index (Phi) is 3.39. The lowest BCUT2D eigenvalue weighted by Gasteiger charge is -2.03. The standard InChI is InChI=1S/C13H14BrN/c14-13-6-5-11-8-10(2-1-7-15)3-4-12(11)9-13/h3-6,8-9H,1-2,7,15H2. The van der Waals surface area contributed by atoms with Gasteiger partial charge in [0.15, 0.2) is 0 Å². The SMILES string of the molecule is NCCCc1ccc2cc(Br)ccc2c1. The van der Waals surface area contributed by atoms with Crippen molar-refractivity contribution >= 4 is 26.7 Å². The van der Waals surface area contributed by atoms with Crippen molar-refractivity contribution in [3.05, 3.63) is 46.4 Å². The third kappa shape index (κ3) is 2.58. The van der Waals surface area contributed by atoms with Gasteiger partial charge in [-0.2, -0.15) is 0 Å². The molecule has 1 nitrogen and oxygen atoms in total. The molecule has 0 spiro atoms. The molecular weight excluding hydrogens is 250 g/mol. The summed E-state index contributed by atoms with van der Waals surface area (Å²) in [4.78, 5) is 0. The third-order valence-electron chi connectivity index (χ3n) is 2.54. The van der Waals surface area contributed by atoms with E-state index in [2.05, 4.69) is 52.3 Å².